The zero-order valence-electron chi connectivity index (χ0n) is 15.4. The molecule has 9 heteroatoms. The number of halogens is 1. The van der Waals surface area contributed by atoms with Crippen molar-refractivity contribution in [3.63, 3.8) is 0 Å². The molecule has 30 heavy (non-hydrogen) atoms. The lowest BCUT2D eigenvalue weighted by Gasteiger charge is -2.10. The summed E-state index contributed by atoms with van der Waals surface area (Å²) in [5.74, 6) is -1.02. The van der Waals surface area contributed by atoms with Crippen LogP contribution < -0.4 is 10.7 Å². The number of hydrogen-bond donors (Lipinski definition) is 2. The Morgan fingerprint density at radius 1 is 0.933 bits per heavy atom. The van der Waals surface area contributed by atoms with Gasteiger partial charge in [0.2, 0.25) is 0 Å². The summed E-state index contributed by atoms with van der Waals surface area (Å²) in [6.45, 7) is 0. The van der Waals surface area contributed by atoms with Crippen molar-refractivity contribution in [2.75, 3.05) is 5.32 Å². The first-order valence-electron chi connectivity index (χ1n) is 8.68. The lowest BCUT2D eigenvalue weighted by Crippen LogP contribution is -2.21. The van der Waals surface area contributed by atoms with Crippen LogP contribution in [0.15, 0.2) is 77.9 Å². The van der Waals surface area contributed by atoms with Gasteiger partial charge in [-0.2, -0.15) is 5.10 Å². The standard InChI is InChI=1S/C21H15ClN4O4/c22-18-10-3-1-8-16(18)20(27)24-19-11-4-2-9-17(19)21(28)25-23-13-14-6-5-7-15(12-14)26(29)30/h1-13H,(H,24,27)(H,25,28)/b23-13-. The largest absolute Gasteiger partial charge is 0.321 e. The zero-order valence-corrected chi connectivity index (χ0v) is 16.2. The minimum absolute atomic E-state index is 0.0853. The Balaban J connectivity index is 1.73. The molecule has 0 saturated carbocycles. The molecule has 0 spiro atoms. The highest BCUT2D eigenvalue weighted by molar-refractivity contribution is 6.34. The van der Waals surface area contributed by atoms with Gasteiger partial charge >= 0.3 is 0 Å². The molecule has 3 aromatic rings. The second kappa shape index (κ2) is 9.44. The number of nitrogens with one attached hydrogen (secondary N) is 2. The Kier molecular flexibility index (Phi) is 6.51. The van der Waals surface area contributed by atoms with Crippen molar-refractivity contribution in [2.45, 2.75) is 0 Å². The number of carbonyl (C=O) groups is 2. The summed E-state index contributed by atoms with van der Waals surface area (Å²) in [7, 11) is 0. The van der Waals surface area contributed by atoms with Gasteiger partial charge < -0.3 is 5.32 Å². The lowest BCUT2D eigenvalue weighted by molar-refractivity contribution is -0.384. The molecule has 0 radical (unpaired) electrons. The van der Waals surface area contributed by atoms with Gasteiger partial charge in [0.25, 0.3) is 17.5 Å². The fourth-order valence-corrected chi connectivity index (χ4v) is 2.79. The van der Waals surface area contributed by atoms with Gasteiger partial charge in [0.1, 0.15) is 0 Å². The van der Waals surface area contributed by atoms with E-state index >= 15 is 0 Å². The summed E-state index contributed by atoms with van der Waals surface area (Å²) in [6, 6.07) is 18.8. The Bertz CT molecular complexity index is 1150. The van der Waals surface area contributed by atoms with Crippen LogP contribution in [0.3, 0.4) is 0 Å². The summed E-state index contributed by atoms with van der Waals surface area (Å²) in [4.78, 5) is 35.3. The van der Waals surface area contributed by atoms with Gasteiger partial charge in [0.05, 0.1) is 33.0 Å². The first kappa shape index (κ1) is 20.7. The van der Waals surface area contributed by atoms with Crippen LogP contribution in [0.2, 0.25) is 5.02 Å². The van der Waals surface area contributed by atoms with Gasteiger partial charge in [-0.15, -0.1) is 0 Å². The molecule has 0 fully saturated rings. The van der Waals surface area contributed by atoms with E-state index in [0.29, 0.717) is 10.6 Å². The summed E-state index contributed by atoms with van der Waals surface area (Å²) >= 11 is 6.04. The highest BCUT2D eigenvalue weighted by Crippen LogP contribution is 2.20. The molecule has 0 aromatic heterocycles. The van der Waals surface area contributed by atoms with Gasteiger partial charge in [0.15, 0.2) is 0 Å². The number of anilines is 1. The first-order valence-corrected chi connectivity index (χ1v) is 9.06. The monoisotopic (exact) mass is 422 g/mol. The zero-order chi connectivity index (χ0) is 21.5. The van der Waals surface area contributed by atoms with Crippen LogP contribution in [0.25, 0.3) is 0 Å². The molecule has 2 amide bonds. The molecule has 3 aromatic carbocycles. The van der Waals surface area contributed by atoms with E-state index in [4.69, 9.17) is 11.6 Å². The van der Waals surface area contributed by atoms with E-state index in [0.717, 1.165) is 0 Å². The minimum Gasteiger partial charge on any atom is -0.321 e. The smallest absolute Gasteiger partial charge is 0.273 e. The summed E-state index contributed by atoms with van der Waals surface area (Å²) in [6.07, 6.45) is 1.29. The number of non-ortho nitro benzene ring substituents is 1. The average Bonchev–Trinajstić information content (AvgIpc) is 2.74. The fraction of sp³-hybridized carbons (Fsp3) is 0. The quantitative estimate of drug-likeness (QED) is 0.351. The first-order chi connectivity index (χ1) is 14.5. The van der Waals surface area contributed by atoms with Crippen molar-refractivity contribution in [2.24, 2.45) is 5.10 Å². The highest BCUT2D eigenvalue weighted by atomic mass is 35.5. The number of hydrogen-bond acceptors (Lipinski definition) is 5. The second-order valence-corrected chi connectivity index (χ2v) is 6.44. The molecule has 0 aliphatic heterocycles. The summed E-state index contributed by atoms with van der Waals surface area (Å²) in [5.41, 5.74) is 3.46. The van der Waals surface area contributed by atoms with Crippen molar-refractivity contribution in [3.8, 4) is 0 Å². The van der Waals surface area contributed by atoms with Crippen LogP contribution in [0.5, 0.6) is 0 Å². The number of rotatable bonds is 6. The van der Waals surface area contributed by atoms with Gasteiger partial charge in [-0.1, -0.05) is 48.0 Å². The third kappa shape index (κ3) is 5.06. The molecule has 3 rings (SSSR count). The highest BCUT2D eigenvalue weighted by Gasteiger charge is 2.15. The molecule has 0 atom stereocenters. The average molecular weight is 423 g/mol. The number of nitrogens with zero attached hydrogens (tertiary/aromatic N) is 2. The molecule has 0 aliphatic rings. The van der Waals surface area contributed by atoms with Crippen molar-refractivity contribution in [1.29, 1.82) is 0 Å². The lowest BCUT2D eigenvalue weighted by atomic mass is 10.1. The molecule has 0 heterocycles. The number of hydrazone groups is 1. The van der Waals surface area contributed by atoms with Crippen LogP contribution >= 0.6 is 11.6 Å². The fourth-order valence-electron chi connectivity index (χ4n) is 2.57. The van der Waals surface area contributed by atoms with E-state index in [9.17, 15) is 19.7 Å². The van der Waals surface area contributed by atoms with Gasteiger partial charge in [0, 0.05) is 17.7 Å². The number of nitro groups is 1. The normalized spacial score (nSPS) is 10.6. The molecule has 0 aliphatic carbocycles. The van der Waals surface area contributed by atoms with Crippen LogP contribution in [0, 0.1) is 10.1 Å². The maximum Gasteiger partial charge on any atom is 0.273 e. The van der Waals surface area contributed by atoms with E-state index < -0.39 is 16.7 Å². The van der Waals surface area contributed by atoms with E-state index in [1.807, 2.05) is 0 Å². The second-order valence-electron chi connectivity index (χ2n) is 6.03. The van der Waals surface area contributed by atoms with Gasteiger partial charge in [-0.25, -0.2) is 5.43 Å². The third-order valence-electron chi connectivity index (χ3n) is 4.00. The van der Waals surface area contributed by atoms with Gasteiger partial charge in [-0.3, -0.25) is 19.7 Å². The predicted molar refractivity (Wildman–Crippen MR) is 114 cm³/mol. The minimum atomic E-state index is -0.563. The molecule has 0 saturated heterocycles. The maximum atomic E-state index is 12.5. The van der Waals surface area contributed by atoms with E-state index in [1.54, 1.807) is 48.5 Å². The molecule has 0 bridgehead atoms. The van der Waals surface area contributed by atoms with E-state index in [-0.39, 0.29) is 22.5 Å². The number of nitro benzene ring substituents is 1. The molecule has 8 nitrogen and oxygen atoms in total. The van der Waals surface area contributed by atoms with Crippen LogP contribution in [0.1, 0.15) is 26.3 Å². The van der Waals surface area contributed by atoms with Crippen LogP contribution in [-0.2, 0) is 0 Å². The molecular formula is C21H15ClN4O4. The van der Waals surface area contributed by atoms with Crippen LogP contribution in [-0.4, -0.2) is 23.0 Å². The summed E-state index contributed by atoms with van der Waals surface area (Å²) in [5, 5.41) is 17.6. The summed E-state index contributed by atoms with van der Waals surface area (Å²) < 4.78 is 0. The topological polar surface area (TPSA) is 114 Å². The molecular weight excluding hydrogens is 408 g/mol. The van der Waals surface area contributed by atoms with Crippen molar-refractivity contribution in [1.82, 2.24) is 5.43 Å². The maximum absolute atomic E-state index is 12.5. The molecule has 2 N–H and O–H groups in total. The number of carbonyl (C=O) groups excluding carboxylic acids is 2. The third-order valence-corrected chi connectivity index (χ3v) is 4.33. The Labute approximate surface area is 176 Å². The Morgan fingerprint density at radius 3 is 2.37 bits per heavy atom. The number of benzene rings is 3. The Hall–Kier alpha value is -4.04. The number of para-hydroxylation sites is 1. The van der Waals surface area contributed by atoms with Crippen molar-refractivity contribution < 1.29 is 14.5 Å². The molecule has 150 valence electrons. The number of amides is 2. The Morgan fingerprint density at radius 2 is 1.63 bits per heavy atom. The SMILES string of the molecule is O=C(Nc1ccccc1C(=O)N/N=C\c1cccc([N+](=O)[O-])c1)c1ccccc1Cl. The van der Waals surface area contributed by atoms with Crippen molar-refractivity contribution >= 4 is 41.0 Å². The van der Waals surface area contributed by atoms with E-state index in [1.165, 1.54) is 30.5 Å². The molecule has 0 unspecified atom stereocenters. The van der Waals surface area contributed by atoms with Crippen molar-refractivity contribution in [3.05, 3.63) is 105 Å². The van der Waals surface area contributed by atoms with Gasteiger partial charge in [-0.05, 0) is 24.3 Å². The van der Waals surface area contributed by atoms with E-state index in [2.05, 4.69) is 15.8 Å². The predicted octanol–water partition coefficient (Wildman–Crippen LogP) is 4.26. The van der Waals surface area contributed by atoms with Crippen LogP contribution in [0.4, 0.5) is 11.4 Å².